The minimum Gasteiger partial charge on any atom is -0.465 e. The van der Waals surface area contributed by atoms with Gasteiger partial charge in [0.2, 0.25) is 0 Å². The molecule has 0 radical (unpaired) electrons. The van der Waals surface area contributed by atoms with Crippen LogP contribution in [-0.4, -0.2) is 66.1 Å². The first-order valence-electron chi connectivity index (χ1n) is 7.81. The fourth-order valence-corrected chi connectivity index (χ4v) is 3.41. The Kier molecular flexibility index (Phi) is 4.17. The van der Waals surface area contributed by atoms with Crippen molar-refractivity contribution in [2.75, 3.05) is 32.1 Å². The maximum Gasteiger partial charge on any atom is 0.407 e. The quantitative estimate of drug-likeness (QED) is 0.675. The molecule has 0 aromatic heterocycles. The molecular weight excluding hydrogens is 313 g/mol. The van der Waals surface area contributed by atoms with Gasteiger partial charge in [-0.05, 0) is 24.6 Å². The van der Waals surface area contributed by atoms with Gasteiger partial charge in [0.05, 0.1) is 11.6 Å². The molecule has 0 spiro atoms. The SMILES string of the molecule is CN(C)C=CC(=O)c1ccc(N2C[C@@H]3C[C@H]2CN3C(=O)O)cc1F. The second-order valence-electron chi connectivity index (χ2n) is 6.44. The number of nitrogens with zero attached hydrogens (tertiary/aromatic N) is 3. The Labute approximate surface area is 139 Å². The van der Waals surface area contributed by atoms with E-state index in [2.05, 4.69) is 0 Å². The number of benzene rings is 1. The topological polar surface area (TPSA) is 64.1 Å². The molecule has 0 aliphatic carbocycles. The lowest BCUT2D eigenvalue weighted by atomic mass is 10.1. The van der Waals surface area contributed by atoms with Crippen LogP contribution in [0.15, 0.2) is 30.5 Å². The van der Waals surface area contributed by atoms with Crippen LogP contribution in [-0.2, 0) is 0 Å². The smallest absolute Gasteiger partial charge is 0.407 e. The zero-order valence-electron chi connectivity index (χ0n) is 13.6. The number of rotatable bonds is 4. The van der Waals surface area contributed by atoms with Gasteiger partial charge in [0.25, 0.3) is 0 Å². The van der Waals surface area contributed by atoms with Gasteiger partial charge in [-0.3, -0.25) is 4.79 Å². The third-order valence-corrected chi connectivity index (χ3v) is 4.56. The molecule has 2 bridgehead atoms. The monoisotopic (exact) mass is 333 g/mol. The lowest BCUT2D eigenvalue weighted by Gasteiger charge is -2.34. The van der Waals surface area contributed by atoms with Crippen molar-refractivity contribution >= 4 is 17.6 Å². The molecule has 1 amide bonds. The number of ketones is 1. The summed E-state index contributed by atoms with van der Waals surface area (Å²) in [5, 5.41) is 9.12. The van der Waals surface area contributed by atoms with Crippen LogP contribution >= 0.6 is 0 Å². The number of fused-ring (bicyclic) bond motifs is 2. The summed E-state index contributed by atoms with van der Waals surface area (Å²) >= 11 is 0. The number of allylic oxidation sites excluding steroid dienone is 1. The Balaban J connectivity index is 1.75. The molecule has 2 fully saturated rings. The van der Waals surface area contributed by atoms with Crippen LogP contribution < -0.4 is 4.90 Å². The standard InChI is InChI=1S/C17H20FN3O3/c1-19(2)6-5-16(22)14-4-3-11(8-15(14)18)20-9-13-7-12(20)10-21(13)17(23)24/h3-6,8,12-13H,7,9-10H2,1-2H3,(H,23,24)/t12-,13-/m0/s1. The molecule has 6 nitrogen and oxygen atoms in total. The number of hydrogen-bond acceptors (Lipinski definition) is 4. The molecule has 128 valence electrons. The largest absolute Gasteiger partial charge is 0.465 e. The average Bonchev–Trinajstić information content (AvgIpc) is 3.12. The van der Waals surface area contributed by atoms with E-state index in [0.717, 1.165) is 6.42 Å². The fourth-order valence-electron chi connectivity index (χ4n) is 3.41. The number of anilines is 1. The highest BCUT2D eigenvalue weighted by molar-refractivity contribution is 6.04. The van der Waals surface area contributed by atoms with E-state index in [1.165, 1.54) is 23.1 Å². The van der Waals surface area contributed by atoms with Gasteiger partial charge >= 0.3 is 6.09 Å². The van der Waals surface area contributed by atoms with Crippen LogP contribution in [0.3, 0.4) is 0 Å². The molecule has 2 atom stereocenters. The Morgan fingerprint density at radius 3 is 2.58 bits per heavy atom. The van der Waals surface area contributed by atoms with Crippen molar-refractivity contribution < 1.29 is 19.1 Å². The predicted octanol–water partition coefficient (Wildman–Crippen LogP) is 2.02. The Morgan fingerprint density at radius 1 is 1.29 bits per heavy atom. The average molecular weight is 333 g/mol. The summed E-state index contributed by atoms with van der Waals surface area (Å²) in [5.41, 5.74) is 0.728. The second-order valence-corrected chi connectivity index (χ2v) is 6.44. The van der Waals surface area contributed by atoms with Crippen molar-refractivity contribution in [3.8, 4) is 0 Å². The van der Waals surface area contributed by atoms with Gasteiger partial charge in [0, 0.05) is 51.2 Å². The van der Waals surface area contributed by atoms with E-state index in [4.69, 9.17) is 5.11 Å². The highest BCUT2D eigenvalue weighted by atomic mass is 19.1. The number of carbonyl (C=O) groups excluding carboxylic acids is 1. The van der Waals surface area contributed by atoms with E-state index in [-0.39, 0.29) is 23.4 Å². The molecule has 2 aliphatic rings. The molecule has 2 heterocycles. The first kappa shape index (κ1) is 16.3. The summed E-state index contributed by atoms with van der Waals surface area (Å²) in [7, 11) is 3.57. The third kappa shape index (κ3) is 2.93. The highest BCUT2D eigenvalue weighted by Crippen LogP contribution is 2.35. The molecule has 24 heavy (non-hydrogen) atoms. The number of amides is 1. The van der Waals surface area contributed by atoms with Gasteiger partial charge in [-0.25, -0.2) is 9.18 Å². The zero-order valence-corrected chi connectivity index (χ0v) is 13.6. The summed E-state index contributed by atoms with van der Waals surface area (Å²) in [4.78, 5) is 28.3. The molecule has 3 rings (SSSR count). The number of likely N-dealkylation sites (tertiary alicyclic amines) is 1. The number of carboxylic acid groups (broad SMARTS) is 1. The van der Waals surface area contributed by atoms with Crippen LogP contribution in [0.5, 0.6) is 0 Å². The number of hydrogen-bond donors (Lipinski definition) is 1. The van der Waals surface area contributed by atoms with Crippen molar-refractivity contribution in [3.63, 3.8) is 0 Å². The van der Waals surface area contributed by atoms with Crippen molar-refractivity contribution in [2.45, 2.75) is 18.5 Å². The lowest BCUT2D eigenvalue weighted by molar-refractivity contribution is 0.104. The summed E-state index contributed by atoms with van der Waals surface area (Å²) in [5.74, 6) is -0.938. The van der Waals surface area contributed by atoms with Crippen molar-refractivity contribution in [1.82, 2.24) is 9.80 Å². The van der Waals surface area contributed by atoms with Gasteiger partial charge < -0.3 is 19.8 Å². The molecule has 2 saturated heterocycles. The minimum atomic E-state index is -0.901. The normalized spacial score (nSPS) is 22.5. The molecule has 1 N–H and O–H groups in total. The van der Waals surface area contributed by atoms with Gasteiger partial charge in [0.1, 0.15) is 5.82 Å². The summed E-state index contributed by atoms with van der Waals surface area (Å²) in [6.45, 7) is 0.998. The molecule has 1 aromatic carbocycles. The molecular formula is C17H20FN3O3. The van der Waals surface area contributed by atoms with Gasteiger partial charge in [-0.2, -0.15) is 0 Å². The van der Waals surface area contributed by atoms with E-state index in [9.17, 15) is 14.0 Å². The Hall–Kier alpha value is -2.57. The van der Waals surface area contributed by atoms with Crippen LogP contribution in [0.25, 0.3) is 0 Å². The maximum absolute atomic E-state index is 14.3. The van der Waals surface area contributed by atoms with Crippen LogP contribution in [0.4, 0.5) is 14.9 Å². The van der Waals surface area contributed by atoms with E-state index in [0.29, 0.717) is 18.8 Å². The van der Waals surface area contributed by atoms with E-state index < -0.39 is 11.9 Å². The number of carbonyl (C=O) groups is 2. The maximum atomic E-state index is 14.3. The lowest BCUT2D eigenvalue weighted by Crippen LogP contribution is -2.48. The number of piperazine rings is 1. The summed E-state index contributed by atoms with van der Waals surface area (Å²) in [6.07, 6.45) is 2.78. The summed E-state index contributed by atoms with van der Waals surface area (Å²) in [6, 6.07) is 4.61. The zero-order chi connectivity index (χ0) is 17.4. The van der Waals surface area contributed by atoms with Gasteiger partial charge in [-0.1, -0.05) is 0 Å². The predicted molar refractivity (Wildman–Crippen MR) is 87.8 cm³/mol. The minimum absolute atomic E-state index is 0.0355. The molecule has 2 aliphatic heterocycles. The molecule has 0 saturated carbocycles. The number of halogens is 1. The van der Waals surface area contributed by atoms with Crippen molar-refractivity contribution in [3.05, 3.63) is 41.9 Å². The van der Waals surface area contributed by atoms with E-state index in [1.807, 2.05) is 4.90 Å². The third-order valence-electron chi connectivity index (χ3n) is 4.56. The van der Waals surface area contributed by atoms with Crippen LogP contribution in [0.1, 0.15) is 16.8 Å². The second kappa shape index (κ2) is 6.14. The molecule has 1 aromatic rings. The first-order valence-corrected chi connectivity index (χ1v) is 7.81. The Morgan fingerprint density at radius 2 is 2.04 bits per heavy atom. The van der Waals surface area contributed by atoms with Crippen molar-refractivity contribution in [2.24, 2.45) is 0 Å². The van der Waals surface area contributed by atoms with Crippen molar-refractivity contribution in [1.29, 1.82) is 0 Å². The first-order chi connectivity index (χ1) is 11.4. The van der Waals surface area contributed by atoms with Gasteiger partial charge in [-0.15, -0.1) is 0 Å². The van der Waals surface area contributed by atoms with Crippen LogP contribution in [0, 0.1) is 5.82 Å². The van der Waals surface area contributed by atoms with Crippen LogP contribution in [0.2, 0.25) is 0 Å². The summed E-state index contributed by atoms with van der Waals surface area (Å²) < 4.78 is 14.3. The molecule has 7 heteroatoms. The molecule has 0 unspecified atom stereocenters. The highest BCUT2D eigenvalue weighted by Gasteiger charge is 2.45. The van der Waals surface area contributed by atoms with Gasteiger partial charge in [0.15, 0.2) is 5.78 Å². The van der Waals surface area contributed by atoms with E-state index in [1.54, 1.807) is 31.3 Å². The Bertz CT molecular complexity index is 704. The van der Waals surface area contributed by atoms with E-state index >= 15 is 0 Å². The fraction of sp³-hybridized carbons (Fsp3) is 0.412.